The van der Waals surface area contributed by atoms with Crippen LogP contribution in [0.5, 0.6) is 5.75 Å². The SMILES string of the molecule is C[C@@H]1CC(=O)c2c(OCC(=O)Nc3ccc(C(=O)N(C)C)cc3)ccc(F)c21. The quantitative estimate of drug-likeness (QED) is 0.859. The first-order valence-electron chi connectivity index (χ1n) is 8.88. The van der Waals surface area contributed by atoms with E-state index >= 15 is 0 Å². The Morgan fingerprint density at radius 1 is 1.18 bits per heavy atom. The summed E-state index contributed by atoms with van der Waals surface area (Å²) in [4.78, 5) is 37.6. The van der Waals surface area contributed by atoms with E-state index in [1.165, 1.54) is 17.0 Å². The first-order chi connectivity index (χ1) is 13.3. The van der Waals surface area contributed by atoms with Crippen molar-refractivity contribution in [2.24, 2.45) is 0 Å². The molecule has 2 aromatic carbocycles. The summed E-state index contributed by atoms with van der Waals surface area (Å²) >= 11 is 0. The van der Waals surface area contributed by atoms with Crippen LogP contribution < -0.4 is 10.1 Å². The van der Waals surface area contributed by atoms with Crippen molar-refractivity contribution < 1.29 is 23.5 Å². The third kappa shape index (κ3) is 3.88. The smallest absolute Gasteiger partial charge is 0.262 e. The van der Waals surface area contributed by atoms with Crippen molar-refractivity contribution in [2.75, 3.05) is 26.0 Å². The largest absolute Gasteiger partial charge is 0.483 e. The van der Waals surface area contributed by atoms with Gasteiger partial charge in [0.15, 0.2) is 12.4 Å². The Labute approximate surface area is 162 Å². The topological polar surface area (TPSA) is 75.7 Å². The predicted octanol–water partition coefficient (Wildman–Crippen LogP) is 3.23. The van der Waals surface area contributed by atoms with E-state index in [9.17, 15) is 18.8 Å². The number of carbonyl (C=O) groups is 3. The summed E-state index contributed by atoms with van der Waals surface area (Å²) in [5.41, 5.74) is 1.60. The Morgan fingerprint density at radius 3 is 2.50 bits per heavy atom. The maximum atomic E-state index is 14.0. The number of hydrogen-bond acceptors (Lipinski definition) is 4. The second-order valence-electron chi connectivity index (χ2n) is 6.98. The molecule has 0 fully saturated rings. The number of halogens is 1. The summed E-state index contributed by atoms with van der Waals surface area (Å²) in [7, 11) is 3.32. The number of fused-ring (bicyclic) bond motifs is 1. The minimum atomic E-state index is -0.433. The Kier molecular flexibility index (Phi) is 5.44. The molecule has 2 amide bonds. The monoisotopic (exact) mass is 384 g/mol. The zero-order valence-corrected chi connectivity index (χ0v) is 15.9. The van der Waals surface area contributed by atoms with Gasteiger partial charge in [-0.05, 0) is 42.3 Å². The van der Waals surface area contributed by atoms with Crippen LogP contribution in [0.1, 0.15) is 45.5 Å². The van der Waals surface area contributed by atoms with E-state index in [2.05, 4.69) is 5.32 Å². The molecule has 3 rings (SSSR count). The Morgan fingerprint density at radius 2 is 1.86 bits per heavy atom. The second kappa shape index (κ2) is 7.80. The molecule has 28 heavy (non-hydrogen) atoms. The van der Waals surface area contributed by atoms with Gasteiger partial charge in [-0.15, -0.1) is 0 Å². The van der Waals surface area contributed by atoms with Gasteiger partial charge in [0.2, 0.25) is 0 Å². The third-order valence-electron chi connectivity index (χ3n) is 4.60. The van der Waals surface area contributed by atoms with Crippen LogP contribution in [0.2, 0.25) is 0 Å². The van der Waals surface area contributed by atoms with Crippen LogP contribution in [0.15, 0.2) is 36.4 Å². The average molecular weight is 384 g/mol. The lowest BCUT2D eigenvalue weighted by molar-refractivity contribution is -0.118. The number of carbonyl (C=O) groups excluding carboxylic acids is 3. The highest BCUT2D eigenvalue weighted by molar-refractivity contribution is 6.04. The molecule has 0 saturated heterocycles. The van der Waals surface area contributed by atoms with Gasteiger partial charge >= 0.3 is 0 Å². The van der Waals surface area contributed by atoms with E-state index < -0.39 is 11.7 Å². The molecule has 0 unspecified atom stereocenters. The number of nitrogens with zero attached hydrogens (tertiary/aromatic N) is 1. The van der Waals surface area contributed by atoms with Gasteiger partial charge in [0, 0.05) is 37.3 Å². The fourth-order valence-corrected chi connectivity index (χ4v) is 3.24. The average Bonchev–Trinajstić information content (AvgIpc) is 2.96. The van der Waals surface area contributed by atoms with Crippen molar-refractivity contribution >= 4 is 23.3 Å². The van der Waals surface area contributed by atoms with Gasteiger partial charge < -0.3 is 15.0 Å². The summed E-state index contributed by atoms with van der Waals surface area (Å²) in [6.07, 6.45) is 0.233. The number of anilines is 1. The van der Waals surface area contributed by atoms with Crippen molar-refractivity contribution in [3.8, 4) is 5.75 Å². The third-order valence-corrected chi connectivity index (χ3v) is 4.60. The predicted molar refractivity (Wildman–Crippen MR) is 102 cm³/mol. The minimum Gasteiger partial charge on any atom is -0.483 e. The standard InChI is InChI=1S/C21H21FN2O4/c1-12-10-16(25)20-17(9-8-15(22)19(12)20)28-11-18(26)23-14-6-4-13(5-7-14)21(27)24(2)3/h4-9,12H,10-11H2,1-3H3,(H,23,26)/t12-/m1/s1. The summed E-state index contributed by atoms with van der Waals surface area (Å²) in [5, 5.41) is 2.66. The maximum Gasteiger partial charge on any atom is 0.262 e. The molecule has 0 spiro atoms. The van der Waals surface area contributed by atoms with Crippen molar-refractivity contribution in [1.29, 1.82) is 0 Å². The van der Waals surface area contributed by atoms with Gasteiger partial charge in [-0.3, -0.25) is 14.4 Å². The molecule has 0 saturated carbocycles. The van der Waals surface area contributed by atoms with Crippen molar-refractivity contribution in [2.45, 2.75) is 19.3 Å². The number of ketones is 1. The summed E-state index contributed by atoms with van der Waals surface area (Å²) in [6, 6.07) is 9.10. The van der Waals surface area contributed by atoms with Crippen LogP contribution in [0.3, 0.4) is 0 Å². The summed E-state index contributed by atoms with van der Waals surface area (Å²) < 4.78 is 19.5. The minimum absolute atomic E-state index is 0.134. The molecule has 1 aliphatic carbocycles. The second-order valence-corrected chi connectivity index (χ2v) is 6.98. The van der Waals surface area contributed by atoms with Gasteiger partial charge in [0.25, 0.3) is 11.8 Å². The summed E-state index contributed by atoms with van der Waals surface area (Å²) in [5.74, 6) is -1.17. The van der Waals surface area contributed by atoms with Crippen LogP contribution >= 0.6 is 0 Å². The first-order valence-corrected chi connectivity index (χ1v) is 8.88. The molecule has 0 bridgehead atoms. The lowest BCUT2D eigenvalue weighted by Gasteiger charge is -2.13. The van der Waals surface area contributed by atoms with Crippen molar-refractivity contribution in [3.63, 3.8) is 0 Å². The molecule has 0 radical (unpaired) electrons. The fraction of sp³-hybridized carbons (Fsp3) is 0.286. The molecule has 6 nitrogen and oxygen atoms in total. The van der Waals surface area contributed by atoms with E-state index in [1.54, 1.807) is 45.3 Å². The van der Waals surface area contributed by atoms with Gasteiger partial charge in [0.05, 0.1) is 5.56 Å². The lowest BCUT2D eigenvalue weighted by Crippen LogP contribution is -2.22. The molecule has 0 aliphatic heterocycles. The number of Topliss-reactive ketones (excluding diaryl/α,β-unsaturated/α-hetero) is 1. The molecule has 0 heterocycles. The molecule has 1 N–H and O–H groups in total. The van der Waals surface area contributed by atoms with Gasteiger partial charge in [-0.25, -0.2) is 4.39 Å². The van der Waals surface area contributed by atoms with Gasteiger partial charge in [-0.1, -0.05) is 6.92 Å². The van der Waals surface area contributed by atoms with E-state index in [0.717, 1.165) is 0 Å². The fourth-order valence-electron chi connectivity index (χ4n) is 3.24. The highest BCUT2D eigenvalue weighted by atomic mass is 19.1. The number of nitrogens with one attached hydrogen (secondary N) is 1. The zero-order chi connectivity index (χ0) is 20.4. The zero-order valence-electron chi connectivity index (χ0n) is 15.9. The number of rotatable bonds is 5. The molecule has 7 heteroatoms. The van der Waals surface area contributed by atoms with Gasteiger partial charge in [0.1, 0.15) is 11.6 Å². The normalized spacial score (nSPS) is 15.1. The van der Waals surface area contributed by atoms with E-state index in [1.807, 2.05) is 0 Å². The first kappa shape index (κ1) is 19.5. The highest BCUT2D eigenvalue weighted by Crippen LogP contribution is 2.39. The van der Waals surface area contributed by atoms with Crippen LogP contribution in [0, 0.1) is 5.82 Å². The van der Waals surface area contributed by atoms with Crippen LogP contribution in [0.4, 0.5) is 10.1 Å². The van der Waals surface area contributed by atoms with E-state index in [-0.39, 0.29) is 41.9 Å². The Balaban J connectivity index is 1.64. The molecular formula is C21H21FN2O4. The number of amides is 2. The van der Waals surface area contributed by atoms with Gasteiger partial charge in [-0.2, -0.15) is 0 Å². The molecule has 146 valence electrons. The molecule has 1 aliphatic rings. The lowest BCUT2D eigenvalue weighted by atomic mass is 10.0. The summed E-state index contributed by atoms with van der Waals surface area (Å²) in [6.45, 7) is 1.46. The molecule has 0 aromatic heterocycles. The maximum absolute atomic E-state index is 14.0. The highest BCUT2D eigenvalue weighted by Gasteiger charge is 2.32. The van der Waals surface area contributed by atoms with Crippen LogP contribution in [0.25, 0.3) is 0 Å². The number of benzene rings is 2. The van der Waals surface area contributed by atoms with Crippen LogP contribution in [-0.4, -0.2) is 43.2 Å². The van der Waals surface area contributed by atoms with E-state index in [4.69, 9.17) is 4.74 Å². The number of ether oxygens (including phenoxy) is 1. The number of hydrogen-bond donors (Lipinski definition) is 1. The Hall–Kier alpha value is -3.22. The molecule has 1 atom stereocenters. The molecular weight excluding hydrogens is 363 g/mol. The Bertz CT molecular complexity index is 938. The van der Waals surface area contributed by atoms with Crippen molar-refractivity contribution in [3.05, 3.63) is 58.9 Å². The van der Waals surface area contributed by atoms with Crippen LogP contribution in [-0.2, 0) is 4.79 Å². The molecule has 2 aromatic rings. The van der Waals surface area contributed by atoms with E-state index in [0.29, 0.717) is 16.8 Å². The van der Waals surface area contributed by atoms with Crippen molar-refractivity contribution in [1.82, 2.24) is 4.90 Å².